The second kappa shape index (κ2) is 20.3. The fourth-order valence-corrected chi connectivity index (χ4v) is 5.51. The number of aliphatic hydroxyl groups is 1. The van der Waals surface area contributed by atoms with Crippen LogP contribution in [0.15, 0.2) is 30.3 Å². The van der Waals surface area contributed by atoms with Gasteiger partial charge in [-0.3, -0.25) is 24.0 Å². The van der Waals surface area contributed by atoms with Crippen molar-refractivity contribution in [3.8, 4) is 0 Å². The minimum atomic E-state index is -2.00. The van der Waals surface area contributed by atoms with Crippen LogP contribution in [0.25, 0.3) is 0 Å². The number of carbonyl (C=O) groups excluding carboxylic acids is 6. The molecule has 21 heteroatoms. The number of carbonyl (C=O) groups is 6. The number of hydrogen-bond acceptors (Lipinski definition) is 17. The van der Waals surface area contributed by atoms with E-state index in [9.17, 15) is 33.9 Å². The predicted molar refractivity (Wildman–Crippen MR) is 178 cm³/mol. The van der Waals surface area contributed by atoms with Gasteiger partial charge in [0.25, 0.3) is 0 Å². The average molecular weight is 817 g/mol. The van der Waals surface area contributed by atoms with E-state index in [1.807, 2.05) is 0 Å². The Bertz CT molecular complexity index is 1430. The molecule has 2 aliphatic rings. The van der Waals surface area contributed by atoms with Crippen molar-refractivity contribution in [2.24, 2.45) is 0 Å². The zero-order valence-electron chi connectivity index (χ0n) is 29.1. The van der Waals surface area contributed by atoms with Crippen LogP contribution in [0.4, 0.5) is 4.79 Å². The second-order valence-corrected chi connectivity index (χ2v) is 14.2. The molecule has 53 heavy (non-hydrogen) atoms. The number of halogens is 3. The largest absolute Gasteiger partial charge is 0.463 e. The molecule has 1 aromatic rings. The van der Waals surface area contributed by atoms with Gasteiger partial charge in [-0.2, -0.15) is 0 Å². The standard InChI is InChI=1S/C32H40Cl3NO17/c1-15(37)45-13-22-25(47-16(2)38)27(49-18(4)40)28(50-19(5)41)30(52-22)53-24-21(12-44-11-20-9-7-6-8-10-20)51-29(42)23(26(24)48-17(3)39)36-31(43)46-14-32(33,34)35/h6-10,21-30,42H,11-14H2,1-5H3,(H,36,43)/t21-,22-,23-,24-,25+,26-,27+,28-,29+,30+/m1/s1. The van der Waals surface area contributed by atoms with Crippen LogP contribution in [0.1, 0.15) is 40.2 Å². The Labute approximate surface area is 318 Å². The van der Waals surface area contributed by atoms with E-state index in [1.54, 1.807) is 30.3 Å². The summed E-state index contributed by atoms with van der Waals surface area (Å²) in [6, 6.07) is 7.30. The highest BCUT2D eigenvalue weighted by molar-refractivity contribution is 6.67. The molecule has 0 spiro atoms. The first-order chi connectivity index (χ1) is 24.8. The monoisotopic (exact) mass is 815 g/mol. The van der Waals surface area contributed by atoms with Crippen molar-refractivity contribution in [2.45, 2.75) is 106 Å². The summed E-state index contributed by atoms with van der Waals surface area (Å²) in [6.07, 6.45) is -15.7. The first-order valence-corrected chi connectivity index (χ1v) is 17.1. The van der Waals surface area contributed by atoms with Crippen molar-refractivity contribution >= 4 is 70.7 Å². The van der Waals surface area contributed by atoms with Gasteiger partial charge in [-0.1, -0.05) is 65.1 Å². The molecule has 1 aromatic carbocycles. The molecule has 0 aliphatic carbocycles. The van der Waals surface area contributed by atoms with E-state index in [0.29, 0.717) is 0 Å². The number of amides is 1. The molecular formula is C32H40Cl3NO17. The van der Waals surface area contributed by atoms with Crippen LogP contribution in [0.5, 0.6) is 0 Å². The number of hydrogen-bond donors (Lipinski definition) is 2. The van der Waals surface area contributed by atoms with Crippen LogP contribution in [-0.2, 0) is 77.9 Å². The van der Waals surface area contributed by atoms with Gasteiger partial charge in [0.05, 0.1) is 13.2 Å². The molecule has 1 amide bonds. The lowest BCUT2D eigenvalue weighted by atomic mass is 9.95. The molecule has 2 saturated heterocycles. The number of benzene rings is 1. The summed E-state index contributed by atoms with van der Waals surface area (Å²) in [5.41, 5.74) is 0.758. The fourth-order valence-electron chi connectivity index (χ4n) is 5.35. The Morgan fingerprint density at radius 2 is 1.25 bits per heavy atom. The maximum absolute atomic E-state index is 12.8. The number of aliphatic hydroxyl groups excluding tert-OH is 1. The minimum absolute atomic E-state index is 0.0475. The van der Waals surface area contributed by atoms with E-state index in [-0.39, 0.29) is 13.2 Å². The van der Waals surface area contributed by atoms with E-state index in [0.717, 1.165) is 40.2 Å². The van der Waals surface area contributed by atoms with E-state index < -0.39 is 114 Å². The van der Waals surface area contributed by atoms with Gasteiger partial charge < -0.3 is 57.8 Å². The van der Waals surface area contributed by atoms with Gasteiger partial charge in [0.15, 0.2) is 37.0 Å². The molecule has 3 rings (SSSR count). The molecular weight excluding hydrogens is 777 g/mol. The predicted octanol–water partition coefficient (Wildman–Crippen LogP) is 1.79. The fraction of sp³-hybridized carbons (Fsp3) is 0.625. The zero-order valence-corrected chi connectivity index (χ0v) is 31.4. The third kappa shape index (κ3) is 14.4. The third-order valence-electron chi connectivity index (χ3n) is 7.25. The Morgan fingerprint density at radius 1 is 0.698 bits per heavy atom. The Balaban J connectivity index is 2.09. The highest BCUT2D eigenvalue weighted by atomic mass is 35.6. The highest BCUT2D eigenvalue weighted by Gasteiger charge is 2.56. The Kier molecular flexibility index (Phi) is 16.8. The summed E-state index contributed by atoms with van der Waals surface area (Å²) in [5.74, 6) is -4.35. The van der Waals surface area contributed by atoms with Gasteiger partial charge >= 0.3 is 35.9 Å². The average Bonchev–Trinajstić information content (AvgIpc) is 3.04. The summed E-state index contributed by atoms with van der Waals surface area (Å²) in [6.45, 7) is 3.66. The molecule has 2 heterocycles. The molecule has 0 aromatic heterocycles. The SMILES string of the molecule is CC(=O)OC[C@H]1O[C@@H](O[C@H]2[C@H](OC(C)=O)[C@@H](NC(=O)OCC(Cl)(Cl)Cl)[C@@H](O)O[C@@H]2COCc2ccccc2)[C@H](OC(C)=O)[C@@H](OC(C)=O)[C@H]1OC(C)=O. The maximum atomic E-state index is 12.8. The molecule has 10 atom stereocenters. The topological polar surface area (TPSA) is 227 Å². The van der Waals surface area contributed by atoms with Crippen molar-refractivity contribution in [1.29, 1.82) is 0 Å². The lowest BCUT2D eigenvalue weighted by molar-refractivity contribution is -0.348. The van der Waals surface area contributed by atoms with Crippen LogP contribution >= 0.6 is 34.8 Å². The van der Waals surface area contributed by atoms with Crippen molar-refractivity contribution in [1.82, 2.24) is 5.32 Å². The third-order valence-corrected chi connectivity index (χ3v) is 7.58. The van der Waals surface area contributed by atoms with E-state index in [4.69, 9.17) is 82.2 Å². The van der Waals surface area contributed by atoms with Gasteiger partial charge in [0, 0.05) is 34.6 Å². The van der Waals surface area contributed by atoms with Crippen molar-refractivity contribution in [2.75, 3.05) is 19.8 Å². The number of ether oxygens (including phenoxy) is 10. The normalized spacial score (nSPS) is 28.5. The van der Waals surface area contributed by atoms with Crippen LogP contribution in [-0.4, -0.2) is 126 Å². The van der Waals surface area contributed by atoms with Crippen molar-refractivity contribution < 1.29 is 81.2 Å². The first-order valence-electron chi connectivity index (χ1n) is 15.9. The Morgan fingerprint density at radius 3 is 1.81 bits per heavy atom. The van der Waals surface area contributed by atoms with Gasteiger partial charge in [-0.15, -0.1) is 0 Å². The van der Waals surface area contributed by atoms with Crippen LogP contribution in [0.3, 0.4) is 0 Å². The summed E-state index contributed by atoms with van der Waals surface area (Å²) in [5, 5.41) is 13.4. The van der Waals surface area contributed by atoms with E-state index in [2.05, 4.69) is 5.32 Å². The number of nitrogens with one attached hydrogen (secondary N) is 1. The molecule has 0 unspecified atom stereocenters. The first kappa shape index (κ1) is 43.9. The Hall–Kier alpha value is -3.49. The molecule has 0 saturated carbocycles. The molecule has 296 valence electrons. The molecule has 0 bridgehead atoms. The van der Waals surface area contributed by atoms with Gasteiger partial charge in [-0.05, 0) is 5.56 Å². The number of alkyl carbamates (subject to hydrolysis) is 1. The zero-order chi connectivity index (χ0) is 39.5. The second-order valence-electron chi connectivity index (χ2n) is 11.7. The lowest BCUT2D eigenvalue weighted by Gasteiger charge is -2.48. The number of esters is 5. The van der Waals surface area contributed by atoms with Gasteiger partial charge in [0.1, 0.15) is 37.6 Å². The molecule has 18 nitrogen and oxygen atoms in total. The summed E-state index contributed by atoms with van der Waals surface area (Å²) in [4.78, 5) is 74.0. The van der Waals surface area contributed by atoms with Gasteiger partial charge in [-0.25, -0.2) is 4.79 Å². The van der Waals surface area contributed by atoms with Gasteiger partial charge in [0.2, 0.25) is 3.79 Å². The number of rotatable bonds is 14. The number of alkyl halides is 3. The molecule has 2 fully saturated rings. The van der Waals surface area contributed by atoms with Crippen LogP contribution in [0.2, 0.25) is 0 Å². The van der Waals surface area contributed by atoms with Crippen molar-refractivity contribution in [3.63, 3.8) is 0 Å². The summed E-state index contributed by atoms with van der Waals surface area (Å²) in [7, 11) is 0. The smallest absolute Gasteiger partial charge is 0.407 e. The van der Waals surface area contributed by atoms with Crippen LogP contribution in [0, 0.1) is 0 Å². The summed E-state index contributed by atoms with van der Waals surface area (Å²) >= 11 is 17.1. The minimum Gasteiger partial charge on any atom is -0.463 e. The lowest BCUT2D eigenvalue weighted by Crippen LogP contribution is -2.69. The van der Waals surface area contributed by atoms with Crippen molar-refractivity contribution in [3.05, 3.63) is 35.9 Å². The van der Waals surface area contributed by atoms with E-state index >= 15 is 0 Å². The quantitative estimate of drug-likeness (QED) is 0.155. The molecule has 2 aliphatic heterocycles. The van der Waals surface area contributed by atoms with Crippen LogP contribution < -0.4 is 5.32 Å². The van der Waals surface area contributed by atoms with E-state index in [1.165, 1.54) is 0 Å². The molecule has 0 radical (unpaired) electrons. The maximum Gasteiger partial charge on any atom is 0.407 e. The summed E-state index contributed by atoms with van der Waals surface area (Å²) < 4.78 is 54.0. The highest BCUT2D eigenvalue weighted by Crippen LogP contribution is 2.34. The molecule has 2 N–H and O–H groups in total.